The number of Topliss-reactive ketones (excluding diaryl/α,β-unsaturated/α-hetero) is 1. The van der Waals surface area contributed by atoms with E-state index in [0.717, 1.165) is 18.4 Å². The van der Waals surface area contributed by atoms with Gasteiger partial charge in [-0.2, -0.15) is 0 Å². The number of hydrogen-bond donors (Lipinski definition) is 0. The van der Waals surface area contributed by atoms with Gasteiger partial charge in [0.1, 0.15) is 0 Å². The van der Waals surface area contributed by atoms with Crippen molar-refractivity contribution in [2.24, 2.45) is 11.8 Å². The van der Waals surface area contributed by atoms with E-state index in [4.69, 9.17) is 0 Å². The van der Waals surface area contributed by atoms with E-state index in [9.17, 15) is 4.79 Å². The number of fused-ring (bicyclic) bond motifs is 3. The van der Waals surface area contributed by atoms with Crippen LogP contribution in [-0.2, 0) is 4.79 Å². The highest BCUT2D eigenvalue weighted by atomic mass is 16.1. The normalized spacial score (nSPS) is 39.1. The maximum Gasteiger partial charge on any atom is 0.165 e. The molecule has 2 atom stereocenters. The van der Waals surface area contributed by atoms with Gasteiger partial charge in [-0.1, -0.05) is 17.7 Å². The summed E-state index contributed by atoms with van der Waals surface area (Å²) in [6.45, 7) is 4.08. The van der Waals surface area contributed by atoms with E-state index in [2.05, 4.69) is 19.1 Å². The minimum atomic E-state index is 0.187. The average molecular weight is 176 g/mol. The van der Waals surface area contributed by atoms with Crippen molar-refractivity contribution in [3.05, 3.63) is 23.3 Å². The lowest BCUT2D eigenvalue weighted by Gasteiger charge is -2.27. The van der Waals surface area contributed by atoms with Gasteiger partial charge in [-0.05, 0) is 44.6 Å². The third kappa shape index (κ3) is 1.48. The van der Waals surface area contributed by atoms with E-state index < -0.39 is 0 Å². The van der Waals surface area contributed by atoms with Crippen LogP contribution >= 0.6 is 0 Å². The zero-order chi connectivity index (χ0) is 9.42. The summed E-state index contributed by atoms with van der Waals surface area (Å²) < 4.78 is 0. The molecule has 13 heavy (non-hydrogen) atoms. The van der Waals surface area contributed by atoms with Crippen molar-refractivity contribution in [1.29, 1.82) is 0 Å². The molecule has 0 aromatic rings. The van der Waals surface area contributed by atoms with Crippen LogP contribution < -0.4 is 0 Å². The zero-order valence-corrected chi connectivity index (χ0v) is 8.34. The number of rotatable bonds is 0. The molecule has 0 saturated heterocycles. The molecule has 1 heteroatoms. The number of ketones is 1. The van der Waals surface area contributed by atoms with E-state index in [1.54, 1.807) is 0 Å². The highest BCUT2D eigenvalue weighted by Crippen LogP contribution is 2.33. The maximum atomic E-state index is 11.9. The number of hydrogen-bond acceptors (Lipinski definition) is 1. The standard InChI is InChI=1S/C12H16O/c1-8-7-10-3-5-11(6-4-10)12(13)9(8)2/h3,5,10-11H,4,6-7H2,1-2H3/b9-8-/t10-,11+/m1/s1. The maximum absolute atomic E-state index is 11.9. The average Bonchev–Trinajstić information content (AvgIpc) is 2.15. The lowest BCUT2D eigenvalue weighted by molar-refractivity contribution is -0.118. The molecule has 0 fully saturated rings. The Morgan fingerprint density at radius 1 is 1.23 bits per heavy atom. The Kier molecular flexibility index (Phi) is 2.10. The van der Waals surface area contributed by atoms with Gasteiger partial charge in [0, 0.05) is 5.92 Å². The Morgan fingerprint density at radius 2 is 2.00 bits per heavy atom. The predicted molar refractivity (Wildman–Crippen MR) is 53.4 cm³/mol. The van der Waals surface area contributed by atoms with Gasteiger partial charge in [-0.3, -0.25) is 4.79 Å². The molecule has 0 aliphatic heterocycles. The zero-order valence-electron chi connectivity index (χ0n) is 8.34. The van der Waals surface area contributed by atoms with Crippen LogP contribution in [0.1, 0.15) is 33.1 Å². The van der Waals surface area contributed by atoms with Crippen molar-refractivity contribution in [2.45, 2.75) is 33.1 Å². The van der Waals surface area contributed by atoms with Crippen LogP contribution in [0.25, 0.3) is 0 Å². The molecule has 0 unspecified atom stereocenters. The van der Waals surface area contributed by atoms with Gasteiger partial charge in [0.2, 0.25) is 0 Å². The SMILES string of the molecule is C/C1=C(\C)C(=O)[C@H]2C=C[C@H](CC2)C1. The van der Waals surface area contributed by atoms with Crippen LogP contribution in [0.15, 0.2) is 23.3 Å². The minimum absolute atomic E-state index is 0.187. The topological polar surface area (TPSA) is 17.1 Å². The number of carbonyl (C=O) groups is 1. The molecule has 70 valence electrons. The second-order valence-corrected chi connectivity index (χ2v) is 4.30. The van der Waals surface area contributed by atoms with Crippen molar-refractivity contribution in [3.63, 3.8) is 0 Å². The molecule has 0 heterocycles. The molecule has 1 nitrogen and oxygen atoms in total. The van der Waals surface area contributed by atoms with E-state index in [1.165, 1.54) is 12.0 Å². The molecule has 0 N–H and O–H groups in total. The summed E-state index contributed by atoms with van der Waals surface area (Å²) in [7, 11) is 0. The minimum Gasteiger partial charge on any atom is -0.294 e. The molecule has 0 amide bonds. The Bertz CT molecular complexity index is 296. The van der Waals surface area contributed by atoms with Crippen LogP contribution in [0.5, 0.6) is 0 Å². The monoisotopic (exact) mass is 176 g/mol. The molecular weight excluding hydrogens is 160 g/mol. The lowest BCUT2D eigenvalue weighted by atomic mass is 9.77. The van der Waals surface area contributed by atoms with Crippen LogP contribution in [0.3, 0.4) is 0 Å². The fourth-order valence-electron chi connectivity index (χ4n) is 2.30. The molecule has 0 aromatic heterocycles. The molecule has 2 bridgehead atoms. The Morgan fingerprint density at radius 3 is 2.62 bits per heavy atom. The number of carbonyl (C=O) groups excluding carboxylic acids is 1. The summed E-state index contributed by atoms with van der Waals surface area (Å²) in [5.41, 5.74) is 2.31. The summed E-state index contributed by atoms with van der Waals surface area (Å²) >= 11 is 0. The first-order valence-corrected chi connectivity index (χ1v) is 5.07. The van der Waals surface area contributed by atoms with E-state index in [-0.39, 0.29) is 5.92 Å². The van der Waals surface area contributed by atoms with Crippen molar-refractivity contribution >= 4 is 5.78 Å². The fraction of sp³-hybridized carbons (Fsp3) is 0.583. The van der Waals surface area contributed by atoms with Crippen LogP contribution in [0, 0.1) is 11.8 Å². The summed E-state index contributed by atoms with van der Waals surface area (Å²) in [6.07, 6.45) is 7.69. The largest absolute Gasteiger partial charge is 0.294 e. The molecule has 0 saturated carbocycles. The van der Waals surface area contributed by atoms with E-state index in [0.29, 0.717) is 11.7 Å². The van der Waals surface area contributed by atoms with Crippen LogP contribution in [0.4, 0.5) is 0 Å². The van der Waals surface area contributed by atoms with Crippen molar-refractivity contribution in [3.8, 4) is 0 Å². The first-order chi connectivity index (χ1) is 6.18. The van der Waals surface area contributed by atoms with Gasteiger partial charge < -0.3 is 0 Å². The third-order valence-corrected chi connectivity index (χ3v) is 3.38. The highest BCUT2D eigenvalue weighted by Gasteiger charge is 2.26. The number of allylic oxidation sites excluding steroid dienone is 4. The molecule has 3 rings (SSSR count). The molecular formula is C12H16O. The second-order valence-electron chi connectivity index (χ2n) is 4.30. The van der Waals surface area contributed by atoms with Gasteiger partial charge in [0.25, 0.3) is 0 Å². The van der Waals surface area contributed by atoms with Gasteiger partial charge in [0.05, 0.1) is 0 Å². The summed E-state index contributed by atoms with van der Waals surface area (Å²) in [6, 6.07) is 0. The fourth-order valence-corrected chi connectivity index (χ4v) is 2.30. The van der Waals surface area contributed by atoms with Gasteiger partial charge >= 0.3 is 0 Å². The Hall–Kier alpha value is -0.850. The van der Waals surface area contributed by atoms with Crippen molar-refractivity contribution in [1.82, 2.24) is 0 Å². The highest BCUT2D eigenvalue weighted by molar-refractivity contribution is 5.98. The summed E-state index contributed by atoms with van der Waals surface area (Å²) in [4.78, 5) is 11.9. The molecule has 0 radical (unpaired) electrons. The van der Waals surface area contributed by atoms with Gasteiger partial charge in [0.15, 0.2) is 5.78 Å². The van der Waals surface area contributed by atoms with E-state index in [1.807, 2.05) is 6.92 Å². The molecule has 3 aliphatic rings. The molecule has 3 aliphatic carbocycles. The molecule has 0 aromatic carbocycles. The van der Waals surface area contributed by atoms with Crippen molar-refractivity contribution in [2.75, 3.05) is 0 Å². The van der Waals surface area contributed by atoms with Gasteiger partial charge in [-0.15, -0.1) is 0 Å². The predicted octanol–water partition coefficient (Wildman–Crippen LogP) is 2.88. The first kappa shape index (κ1) is 8.74. The second kappa shape index (κ2) is 3.13. The Balaban J connectivity index is 2.38. The smallest absolute Gasteiger partial charge is 0.165 e. The van der Waals surface area contributed by atoms with Crippen LogP contribution in [-0.4, -0.2) is 5.78 Å². The lowest BCUT2D eigenvalue weighted by Crippen LogP contribution is -2.22. The van der Waals surface area contributed by atoms with Crippen LogP contribution in [0.2, 0.25) is 0 Å². The van der Waals surface area contributed by atoms with Crippen molar-refractivity contribution < 1.29 is 4.79 Å². The molecule has 0 spiro atoms. The Labute approximate surface area is 79.5 Å². The summed E-state index contributed by atoms with van der Waals surface area (Å²) in [5, 5.41) is 0. The summed E-state index contributed by atoms with van der Waals surface area (Å²) in [5.74, 6) is 1.23. The van der Waals surface area contributed by atoms with Gasteiger partial charge in [-0.25, -0.2) is 0 Å². The first-order valence-electron chi connectivity index (χ1n) is 5.07. The third-order valence-electron chi connectivity index (χ3n) is 3.38. The quantitative estimate of drug-likeness (QED) is 0.519. The van der Waals surface area contributed by atoms with E-state index >= 15 is 0 Å².